The Kier molecular flexibility index (Phi) is 4.02. The number of Topliss-reactive ketones (excluding diaryl/α,β-unsaturated/α-hetero) is 1. The number of halogens is 1. The average molecular weight is 265 g/mol. The molecule has 1 aromatic rings. The van der Waals surface area contributed by atoms with Gasteiger partial charge in [-0.05, 0) is 32.9 Å². The fourth-order valence-electron chi connectivity index (χ4n) is 2.66. The van der Waals surface area contributed by atoms with Crippen LogP contribution in [0.4, 0.5) is 4.39 Å². The predicted octanol–water partition coefficient (Wildman–Crippen LogP) is 2.51. The maximum absolute atomic E-state index is 13.1. The summed E-state index contributed by atoms with van der Waals surface area (Å²) in [5.41, 5.74) is 0.178. The SMILES string of the molecule is CC1CN(CC(=O)c2cccc(F)c2)CC(C)(C)O1. The van der Waals surface area contributed by atoms with Gasteiger partial charge in [-0.2, -0.15) is 0 Å². The Labute approximate surface area is 113 Å². The molecule has 104 valence electrons. The van der Waals surface area contributed by atoms with Gasteiger partial charge in [0.05, 0.1) is 18.2 Å². The van der Waals surface area contributed by atoms with Crippen molar-refractivity contribution in [2.75, 3.05) is 19.6 Å². The van der Waals surface area contributed by atoms with Crippen LogP contribution in [-0.4, -0.2) is 42.0 Å². The van der Waals surface area contributed by atoms with E-state index in [9.17, 15) is 9.18 Å². The van der Waals surface area contributed by atoms with E-state index in [0.717, 1.165) is 6.54 Å². The molecule has 1 heterocycles. The summed E-state index contributed by atoms with van der Waals surface area (Å²) in [6.45, 7) is 7.77. The summed E-state index contributed by atoms with van der Waals surface area (Å²) >= 11 is 0. The number of carbonyl (C=O) groups excluding carboxylic acids is 1. The molecule has 0 bridgehead atoms. The molecule has 0 aliphatic carbocycles. The first kappa shape index (κ1) is 14.2. The Morgan fingerprint density at radius 1 is 1.53 bits per heavy atom. The van der Waals surface area contributed by atoms with Crippen LogP contribution in [0, 0.1) is 5.82 Å². The molecule has 1 unspecified atom stereocenters. The number of ether oxygens (including phenoxy) is 1. The minimum atomic E-state index is -0.374. The third-order valence-corrected chi connectivity index (χ3v) is 3.15. The molecular weight excluding hydrogens is 245 g/mol. The van der Waals surface area contributed by atoms with Crippen LogP contribution in [0.1, 0.15) is 31.1 Å². The van der Waals surface area contributed by atoms with Crippen LogP contribution in [-0.2, 0) is 4.74 Å². The molecule has 0 spiro atoms. The molecule has 3 nitrogen and oxygen atoms in total. The van der Waals surface area contributed by atoms with Crippen molar-refractivity contribution < 1.29 is 13.9 Å². The van der Waals surface area contributed by atoms with E-state index in [1.807, 2.05) is 20.8 Å². The quantitative estimate of drug-likeness (QED) is 0.786. The first-order chi connectivity index (χ1) is 8.85. The highest BCUT2D eigenvalue weighted by Gasteiger charge is 2.32. The van der Waals surface area contributed by atoms with Gasteiger partial charge in [-0.1, -0.05) is 12.1 Å². The van der Waals surface area contributed by atoms with Crippen LogP contribution in [0.3, 0.4) is 0 Å². The third kappa shape index (κ3) is 3.85. The fraction of sp³-hybridized carbons (Fsp3) is 0.533. The van der Waals surface area contributed by atoms with E-state index in [1.54, 1.807) is 12.1 Å². The first-order valence-corrected chi connectivity index (χ1v) is 6.55. The Morgan fingerprint density at radius 3 is 2.89 bits per heavy atom. The second-order valence-electron chi connectivity index (χ2n) is 5.79. The van der Waals surface area contributed by atoms with Crippen molar-refractivity contribution in [2.45, 2.75) is 32.5 Å². The lowest BCUT2D eigenvalue weighted by atomic mass is 10.0. The Morgan fingerprint density at radius 2 is 2.26 bits per heavy atom. The number of benzene rings is 1. The average Bonchev–Trinajstić information content (AvgIpc) is 2.25. The molecule has 1 atom stereocenters. The largest absolute Gasteiger partial charge is 0.370 e. The van der Waals surface area contributed by atoms with E-state index in [-0.39, 0.29) is 23.3 Å². The zero-order valence-electron chi connectivity index (χ0n) is 11.6. The van der Waals surface area contributed by atoms with Gasteiger partial charge in [0.2, 0.25) is 0 Å². The number of morpholine rings is 1. The zero-order valence-corrected chi connectivity index (χ0v) is 11.6. The minimum absolute atomic E-state index is 0.0515. The number of nitrogens with zero attached hydrogens (tertiary/aromatic N) is 1. The van der Waals surface area contributed by atoms with E-state index >= 15 is 0 Å². The highest BCUT2D eigenvalue weighted by atomic mass is 19.1. The zero-order chi connectivity index (χ0) is 14.0. The molecule has 1 fully saturated rings. The minimum Gasteiger partial charge on any atom is -0.370 e. The molecule has 1 aliphatic rings. The molecule has 1 saturated heterocycles. The van der Waals surface area contributed by atoms with Crippen LogP contribution < -0.4 is 0 Å². The van der Waals surface area contributed by atoms with Crippen LogP contribution in [0.25, 0.3) is 0 Å². The van der Waals surface area contributed by atoms with Crippen molar-refractivity contribution in [2.24, 2.45) is 0 Å². The number of carbonyl (C=O) groups is 1. The number of hydrogen-bond donors (Lipinski definition) is 0. The van der Waals surface area contributed by atoms with Crippen LogP contribution in [0.2, 0.25) is 0 Å². The molecule has 1 aromatic carbocycles. The van der Waals surface area contributed by atoms with Gasteiger partial charge < -0.3 is 4.74 Å². The van der Waals surface area contributed by atoms with Gasteiger partial charge in [0.1, 0.15) is 5.82 Å². The van der Waals surface area contributed by atoms with Crippen molar-refractivity contribution in [3.8, 4) is 0 Å². The molecule has 0 amide bonds. The highest BCUT2D eigenvalue weighted by molar-refractivity contribution is 5.97. The van der Waals surface area contributed by atoms with Gasteiger partial charge >= 0.3 is 0 Å². The van der Waals surface area contributed by atoms with E-state index in [2.05, 4.69) is 4.90 Å². The Bertz CT molecular complexity index is 473. The summed E-state index contributed by atoms with van der Waals surface area (Å²) in [5.74, 6) is -0.425. The van der Waals surface area contributed by atoms with Gasteiger partial charge in [0.15, 0.2) is 5.78 Å². The summed E-state index contributed by atoms with van der Waals surface area (Å²) in [7, 11) is 0. The van der Waals surface area contributed by atoms with Gasteiger partial charge in [-0.25, -0.2) is 4.39 Å². The van der Waals surface area contributed by atoms with Crippen molar-refractivity contribution in [1.29, 1.82) is 0 Å². The number of ketones is 1. The molecule has 2 rings (SSSR count). The van der Waals surface area contributed by atoms with E-state index in [4.69, 9.17) is 4.74 Å². The summed E-state index contributed by atoms with van der Waals surface area (Å²) in [6.07, 6.45) is 0.101. The number of hydrogen-bond acceptors (Lipinski definition) is 3. The monoisotopic (exact) mass is 265 g/mol. The molecule has 0 radical (unpaired) electrons. The summed E-state index contributed by atoms with van der Waals surface area (Å²) in [6, 6.07) is 5.85. The van der Waals surface area contributed by atoms with Crippen molar-refractivity contribution in [1.82, 2.24) is 4.90 Å². The predicted molar refractivity (Wildman–Crippen MR) is 71.8 cm³/mol. The molecule has 0 aromatic heterocycles. The van der Waals surface area contributed by atoms with Crippen molar-refractivity contribution in [3.63, 3.8) is 0 Å². The van der Waals surface area contributed by atoms with E-state index in [0.29, 0.717) is 18.7 Å². The van der Waals surface area contributed by atoms with Gasteiger partial charge in [0.25, 0.3) is 0 Å². The van der Waals surface area contributed by atoms with Gasteiger partial charge in [-0.15, -0.1) is 0 Å². The Hall–Kier alpha value is -1.26. The van der Waals surface area contributed by atoms with Crippen molar-refractivity contribution >= 4 is 5.78 Å². The maximum atomic E-state index is 13.1. The molecule has 1 aliphatic heterocycles. The van der Waals surface area contributed by atoms with E-state index < -0.39 is 0 Å². The van der Waals surface area contributed by atoms with Crippen molar-refractivity contribution in [3.05, 3.63) is 35.6 Å². The van der Waals surface area contributed by atoms with Crippen LogP contribution in [0.15, 0.2) is 24.3 Å². The third-order valence-electron chi connectivity index (χ3n) is 3.15. The number of rotatable bonds is 3. The Balaban J connectivity index is 2.03. The molecule has 4 heteroatoms. The van der Waals surface area contributed by atoms with E-state index in [1.165, 1.54) is 12.1 Å². The second-order valence-corrected chi connectivity index (χ2v) is 5.79. The van der Waals surface area contributed by atoms with Crippen LogP contribution >= 0.6 is 0 Å². The lowest BCUT2D eigenvalue weighted by Gasteiger charge is -2.41. The smallest absolute Gasteiger partial charge is 0.176 e. The summed E-state index contributed by atoms with van der Waals surface area (Å²) in [5, 5.41) is 0. The lowest BCUT2D eigenvalue weighted by molar-refractivity contribution is -0.126. The molecule has 19 heavy (non-hydrogen) atoms. The van der Waals surface area contributed by atoms with Gasteiger partial charge in [0, 0.05) is 18.7 Å². The summed E-state index contributed by atoms with van der Waals surface area (Å²) in [4.78, 5) is 14.2. The molecule has 0 N–H and O–H groups in total. The first-order valence-electron chi connectivity index (χ1n) is 6.55. The molecule has 0 saturated carbocycles. The highest BCUT2D eigenvalue weighted by Crippen LogP contribution is 2.21. The van der Waals surface area contributed by atoms with Gasteiger partial charge in [-0.3, -0.25) is 9.69 Å². The maximum Gasteiger partial charge on any atom is 0.176 e. The fourth-order valence-corrected chi connectivity index (χ4v) is 2.66. The normalized spacial score (nSPS) is 23.3. The van der Waals surface area contributed by atoms with Crippen LogP contribution in [0.5, 0.6) is 0 Å². The lowest BCUT2D eigenvalue weighted by Crippen LogP contribution is -2.53. The standard InChI is InChI=1S/C15H20FNO2/c1-11-8-17(10-15(2,3)19-11)9-14(18)12-5-4-6-13(16)7-12/h4-7,11H,8-10H2,1-3H3. The second kappa shape index (κ2) is 5.39. The summed E-state index contributed by atoms with van der Waals surface area (Å²) < 4.78 is 18.9. The topological polar surface area (TPSA) is 29.5 Å². The molecular formula is C15H20FNO2.